The molecule has 0 atom stereocenters. The SMILES string of the molecule is CCN(CC)C(=O)c1nc(-c2cccc(NC(C)=O)c2)sc1C. The molecule has 0 saturated carbocycles. The van der Waals surface area contributed by atoms with Crippen molar-refractivity contribution in [1.29, 1.82) is 0 Å². The second-order valence-electron chi connectivity index (χ2n) is 5.16. The molecule has 0 aliphatic rings. The fourth-order valence-electron chi connectivity index (χ4n) is 2.31. The van der Waals surface area contributed by atoms with E-state index in [4.69, 9.17) is 0 Å². The molecule has 6 heteroatoms. The van der Waals surface area contributed by atoms with E-state index in [0.29, 0.717) is 18.8 Å². The number of benzene rings is 1. The average molecular weight is 331 g/mol. The van der Waals surface area contributed by atoms with E-state index in [-0.39, 0.29) is 11.8 Å². The second-order valence-corrected chi connectivity index (χ2v) is 6.37. The van der Waals surface area contributed by atoms with Crippen molar-refractivity contribution in [3.63, 3.8) is 0 Å². The van der Waals surface area contributed by atoms with Crippen molar-refractivity contribution in [3.05, 3.63) is 34.8 Å². The smallest absolute Gasteiger partial charge is 0.273 e. The van der Waals surface area contributed by atoms with Gasteiger partial charge in [-0.3, -0.25) is 9.59 Å². The molecule has 2 aromatic rings. The van der Waals surface area contributed by atoms with Gasteiger partial charge in [-0.25, -0.2) is 4.98 Å². The zero-order chi connectivity index (χ0) is 17.0. The number of thiazole rings is 1. The van der Waals surface area contributed by atoms with Crippen LogP contribution in [0.25, 0.3) is 10.6 Å². The number of aromatic nitrogens is 1. The van der Waals surface area contributed by atoms with Crippen LogP contribution < -0.4 is 5.32 Å². The molecule has 0 fully saturated rings. The minimum atomic E-state index is -0.116. The Labute approximate surface area is 140 Å². The van der Waals surface area contributed by atoms with E-state index >= 15 is 0 Å². The van der Waals surface area contributed by atoms with Gasteiger partial charge >= 0.3 is 0 Å². The second kappa shape index (κ2) is 7.37. The molecule has 0 radical (unpaired) electrons. The summed E-state index contributed by atoms with van der Waals surface area (Å²) in [6.07, 6.45) is 0. The van der Waals surface area contributed by atoms with Gasteiger partial charge in [0.1, 0.15) is 10.7 Å². The summed E-state index contributed by atoms with van der Waals surface area (Å²) < 4.78 is 0. The van der Waals surface area contributed by atoms with Crippen LogP contribution in [0.1, 0.15) is 36.1 Å². The number of nitrogens with zero attached hydrogens (tertiary/aromatic N) is 2. The number of rotatable bonds is 5. The van der Waals surface area contributed by atoms with Crippen molar-refractivity contribution >= 4 is 28.8 Å². The molecule has 0 unspecified atom stereocenters. The van der Waals surface area contributed by atoms with E-state index in [1.807, 2.05) is 45.0 Å². The number of amides is 2. The standard InChI is InChI=1S/C17H21N3O2S/c1-5-20(6-2)17(22)15-11(3)23-16(19-15)13-8-7-9-14(10-13)18-12(4)21/h7-10H,5-6H2,1-4H3,(H,18,21). The fraction of sp³-hybridized carbons (Fsp3) is 0.353. The molecule has 0 aliphatic carbocycles. The molecule has 1 aromatic carbocycles. The molecule has 0 bridgehead atoms. The van der Waals surface area contributed by atoms with E-state index in [0.717, 1.165) is 21.1 Å². The zero-order valence-corrected chi connectivity index (χ0v) is 14.7. The summed E-state index contributed by atoms with van der Waals surface area (Å²) in [4.78, 5) is 30.9. The molecule has 2 rings (SSSR count). The lowest BCUT2D eigenvalue weighted by Crippen LogP contribution is -2.31. The zero-order valence-electron chi connectivity index (χ0n) is 13.8. The van der Waals surface area contributed by atoms with Crippen LogP contribution in [0.15, 0.2) is 24.3 Å². The van der Waals surface area contributed by atoms with Gasteiger partial charge in [-0.2, -0.15) is 0 Å². The van der Waals surface area contributed by atoms with E-state index in [1.165, 1.54) is 18.3 Å². The molecule has 1 heterocycles. The first-order valence-electron chi connectivity index (χ1n) is 7.61. The van der Waals surface area contributed by atoms with Crippen LogP contribution in [0.3, 0.4) is 0 Å². The minimum Gasteiger partial charge on any atom is -0.338 e. The average Bonchev–Trinajstić information content (AvgIpc) is 2.90. The van der Waals surface area contributed by atoms with Gasteiger partial charge in [0.2, 0.25) is 5.91 Å². The van der Waals surface area contributed by atoms with Crippen LogP contribution in [0.2, 0.25) is 0 Å². The molecule has 0 aliphatic heterocycles. The minimum absolute atomic E-state index is 0.0342. The monoisotopic (exact) mass is 331 g/mol. The highest BCUT2D eigenvalue weighted by molar-refractivity contribution is 7.15. The molecule has 0 saturated heterocycles. The van der Waals surface area contributed by atoms with Gasteiger partial charge in [0.15, 0.2) is 0 Å². The first-order valence-corrected chi connectivity index (χ1v) is 8.42. The maximum atomic E-state index is 12.5. The van der Waals surface area contributed by atoms with Crippen LogP contribution in [-0.4, -0.2) is 34.8 Å². The summed E-state index contributed by atoms with van der Waals surface area (Å²) in [5.74, 6) is -0.150. The number of carbonyl (C=O) groups is 2. The summed E-state index contributed by atoms with van der Waals surface area (Å²) >= 11 is 1.49. The van der Waals surface area contributed by atoms with Crippen LogP contribution in [0, 0.1) is 6.92 Å². The first kappa shape index (κ1) is 17.1. The summed E-state index contributed by atoms with van der Waals surface area (Å²) in [5, 5.41) is 3.54. The third-order valence-corrected chi connectivity index (χ3v) is 4.50. The lowest BCUT2D eigenvalue weighted by atomic mass is 10.2. The van der Waals surface area contributed by atoms with Crippen LogP contribution in [0.5, 0.6) is 0 Å². The topological polar surface area (TPSA) is 62.3 Å². The third kappa shape index (κ3) is 3.96. The molecular weight excluding hydrogens is 310 g/mol. The van der Waals surface area contributed by atoms with Gasteiger partial charge < -0.3 is 10.2 Å². The molecule has 1 aromatic heterocycles. The maximum Gasteiger partial charge on any atom is 0.273 e. The fourth-order valence-corrected chi connectivity index (χ4v) is 3.21. The van der Waals surface area contributed by atoms with Gasteiger partial charge in [0, 0.05) is 36.1 Å². The summed E-state index contributed by atoms with van der Waals surface area (Å²) in [7, 11) is 0. The Morgan fingerprint density at radius 3 is 2.57 bits per heavy atom. The number of anilines is 1. The van der Waals surface area contributed by atoms with Crippen LogP contribution in [0.4, 0.5) is 5.69 Å². The van der Waals surface area contributed by atoms with Crippen molar-refractivity contribution in [3.8, 4) is 10.6 Å². The number of hydrogen-bond acceptors (Lipinski definition) is 4. The van der Waals surface area contributed by atoms with Gasteiger partial charge in [-0.05, 0) is 32.9 Å². The Bertz CT molecular complexity index is 720. The highest BCUT2D eigenvalue weighted by Crippen LogP contribution is 2.29. The quantitative estimate of drug-likeness (QED) is 0.911. The largest absolute Gasteiger partial charge is 0.338 e. The van der Waals surface area contributed by atoms with Crippen LogP contribution >= 0.6 is 11.3 Å². The Hall–Kier alpha value is -2.21. The van der Waals surface area contributed by atoms with Crippen molar-refractivity contribution in [1.82, 2.24) is 9.88 Å². The Kier molecular flexibility index (Phi) is 5.50. The Morgan fingerprint density at radius 2 is 1.96 bits per heavy atom. The van der Waals surface area contributed by atoms with E-state index < -0.39 is 0 Å². The molecular formula is C17H21N3O2S. The van der Waals surface area contributed by atoms with Gasteiger partial charge in [-0.1, -0.05) is 12.1 Å². The molecule has 23 heavy (non-hydrogen) atoms. The number of hydrogen-bond donors (Lipinski definition) is 1. The van der Waals surface area contributed by atoms with Crippen LogP contribution in [-0.2, 0) is 4.79 Å². The van der Waals surface area contributed by atoms with Gasteiger partial charge in [-0.15, -0.1) is 11.3 Å². The summed E-state index contributed by atoms with van der Waals surface area (Å²) in [6, 6.07) is 7.48. The molecule has 5 nitrogen and oxygen atoms in total. The number of carbonyl (C=O) groups excluding carboxylic acids is 2. The van der Waals surface area contributed by atoms with E-state index in [1.54, 1.807) is 4.90 Å². The van der Waals surface area contributed by atoms with Gasteiger partial charge in [0.25, 0.3) is 5.91 Å². The summed E-state index contributed by atoms with van der Waals surface area (Å²) in [6.45, 7) is 8.64. The lowest BCUT2D eigenvalue weighted by molar-refractivity contribution is -0.114. The highest BCUT2D eigenvalue weighted by atomic mass is 32.1. The molecule has 1 N–H and O–H groups in total. The maximum absolute atomic E-state index is 12.5. The Balaban J connectivity index is 2.34. The lowest BCUT2D eigenvalue weighted by Gasteiger charge is -2.17. The first-order chi connectivity index (χ1) is 11.0. The Morgan fingerprint density at radius 1 is 1.26 bits per heavy atom. The number of nitrogens with one attached hydrogen (secondary N) is 1. The summed E-state index contributed by atoms with van der Waals surface area (Å²) in [5.41, 5.74) is 2.13. The number of aryl methyl sites for hydroxylation is 1. The predicted molar refractivity (Wildman–Crippen MR) is 93.8 cm³/mol. The molecule has 2 amide bonds. The highest BCUT2D eigenvalue weighted by Gasteiger charge is 2.20. The molecule has 0 spiro atoms. The predicted octanol–water partition coefficient (Wildman–Crippen LogP) is 3.56. The van der Waals surface area contributed by atoms with E-state index in [9.17, 15) is 9.59 Å². The third-order valence-electron chi connectivity index (χ3n) is 3.48. The van der Waals surface area contributed by atoms with E-state index in [2.05, 4.69) is 10.3 Å². The van der Waals surface area contributed by atoms with Gasteiger partial charge in [0.05, 0.1) is 0 Å². The normalized spacial score (nSPS) is 10.4. The van der Waals surface area contributed by atoms with Crippen molar-refractivity contribution in [2.75, 3.05) is 18.4 Å². The van der Waals surface area contributed by atoms with Crippen molar-refractivity contribution in [2.45, 2.75) is 27.7 Å². The van der Waals surface area contributed by atoms with Crippen molar-refractivity contribution in [2.24, 2.45) is 0 Å². The molecule has 122 valence electrons. The van der Waals surface area contributed by atoms with Crippen molar-refractivity contribution < 1.29 is 9.59 Å².